The lowest BCUT2D eigenvalue weighted by Gasteiger charge is -2.15. The van der Waals surface area contributed by atoms with E-state index in [2.05, 4.69) is 26.3 Å². The first kappa shape index (κ1) is 20.3. The van der Waals surface area contributed by atoms with Crippen LogP contribution in [0.15, 0.2) is 91.5 Å². The number of rotatable bonds is 6. The van der Waals surface area contributed by atoms with Gasteiger partial charge in [0.1, 0.15) is 18.0 Å². The molecule has 7 nitrogen and oxygen atoms in total. The van der Waals surface area contributed by atoms with E-state index < -0.39 is 0 Å². The third kappa shape index (κ3) is 4.12. The summed E-state index contributed by atoms with van der Waals surface area (Å²) < 4.78 is 0. The van der Waals surface area contributed by atoms with Gasteiger partial charge >= 0.3 is 0 Å². The molecule has 5 rings (SSSR count). The van der Waals surface area contributed by atoms with E-state index in [1.807, 2.05) is 60.7 Å². The molecule has 5 aromatic rings. The predicted octanol–water partition coefficient (Wildman–Crippen LogP) is 4.70. The van der Waals surface area contributed by atoms with Crippen LogP contribution in [0.25, 0.3) is 22.2 Å². The minimum Gasteiger partial charge on any atom is -0.383 e. The number of anilines is 2. The normalized spacial score (nSPS) is 10.8. The average Bonchev–Trinajstić information content (AvgIpc) is 2.87. The molecule has 0 aliphatic heterocycles. The second kappa shape index (κ2) is 8.84. The third-order valence-corrected chi connectivity index (χ3v) is 5.37. The van der Waals surface area contributed by atoms with Crippen molar-refractivity contribution in [2.24, 2.45) is 0 Å². The summed E-state index contributed by atoms with van der Waals surface area (Å²) in [5, 5.41) is 13.1. The van der Waals surface area contributed by atoms with Gasteiger partial charge < -0.3 is 11.1 Å². The van der Waals surface area contributed by atoms with E-state index >= 15 is 0 Å². The number of nitrogens with two attached hydrogens (primary N) is 1. The molecule has 0 aliphatic rings. The van der Waals surface area contributed by atoms with Crippen LogP contribution in [0, 0.1) is 5.41 Å². The van der Waals surface area contributed by atoms with Crippen LogP contribution >= 0.6 is 0 Å². The van der Waals surface area contributed by atoms with E-state index in [9.17, 15) is 0 Å². The van der Waals surface area contributed by atoms with Gasteiger partial charge in [-0.05, 0) is 29.8 Å². The van der Waals surface area contributed by atoms with Crippen LogP contribution in [0.1, 0.15) is 16.7 Å². The van der Waals surface area contributed by atoms with Crippen molar-refractivity contribution < 1.29 is 0 Å². The molecule has 33 heavy (non-hydrogen) atoms. The van der Waals surface area contributed by atoms with E-state index in [0.717, 1.165) is 27.7 Å². The zero-order valence-corrected chi connectivity index (χ0v) is 17.7. The van der Waals surface area contributed by atoms with Crippen LogP contribution < -0.4 is 11.1 Å². The van der Waals surface area contributed by atoms with Crippen LogP contribution in [0.2, 0.25) is 0 Å². The van der Waals surface area contributed by atoms with Gasteiger partial charge in [0, 0.05) is 35.5 Å². The number of hydrogen-bond acceptors (Lipinski definition) is 7. The largest absolute Gasteiger partial charge is 0.383 e. The number of para-hydroxylation sites is 1. The Morgan fingerprint density at radius 2 is 1.76 bits per heavy atom. The fourth-order valence-electron chi connectivity index (χ4n) is 3.75. The summed E-state index contributed by atoms with van der Waals surface area (Å²) in [6, 6.07) is 23.9. The first-order chi connectivity index (χ1) is 16.2. The summed E-state index contributed by atoms with van der Waals surface area (Å²) >= 11 is 0. The van der Waals surface area contributed by atoms with Gasteiger partial charge in [-0.15, -0.1) is 0 Å². The Balaban J connectivity index is 1.53. The number of nitrogen functional groups attached to an aromatic ring is 1. The Morgan fingerprint density at radius 1 is 0.939 bits per heavy atom. The lowest BCUT2D eigenvalue weighted by molar-refractivity contribution is 1.07. The maximum atomic E-state index is 8.67. The van der Waals surface area contributed by atoms with E-state index in [1.54, 1.807) is 18.5 Å². The number of benzene rings is 2. The van der Waals surface area contributed by atoms with Crippen molar-refractivity contribution in [3.63, 3.8) is 0 Å². The summed E-state index contributed by atoms with van der Waals surface area (Å²) in [6.07, 6.45) is 4.69. The van der Waals surface area contributed by atoms with Gasteiger partial charge in [-0.1, -0.05) is 48.5 Å². The van der Waals surface area contributed by atoms with Gasteiger partial charge in [-0.3, -0.25) is 10.4 Å². The first-order valence-corrected chi connectivity index (χ1v) is 10.5. The minimum absolute atomic E-state index is 0.212. The SMILES string of the molecule is N=C(c1cccnc1)c1c(N)ncnc1NCc1cc2ccccc2nc1-c1ccccc1. The fraction of sp³-hybridized carbons (Fsp3) is 0.0385. The number of fused-ring (bicyclic) bond motifs is 1. The standard InChI is InChI=1S/C26H21N7/c27-23(19-10-6-12-29-14-19)22-25(28)31-16-32-26(22)30-15-20-13-18-9-4-5-11-21(18)33-24(20)17-7-2-1-3-8-17/h1-14,16,27H,15H2,(H3,28,30,31,32). The number of pyridine rings is 2. The summed E-state index contributed by atoms with van der Waals surface area (Å²) in [5.74, 6) is 0.727. The molecule has 0 atom stereocenters. The summed E-state index contributed by atoms with van der Waals surface area (Å²) in [6.45, 7) is 0.450. The van der Waals surface area contributed by atoms with Gasteiger partial charge in [0.15, 0.2) is 0 Å². The molecule has 160 valence electrons. The van der Waals surface area contributed by atoms with Crippen LogP contribution in [-0.2, 0) is 6.54 Å². The Hall–Kier alpha value is -4.65. The molecule has 4 N–H and O–H groups in total. The monoisotopic (exact) mass is 431 g/mol. The first-order valence-electron chi connectivity index (χ1n) is 10.5. The molecule has 2 aromatic carbocycles. The maximum Gasteiger partial charge on any atom is 0.141 e. The highest BCUT2D eigenvalue weighted by atomic mass is 15.0. The molecule has 0 saturated carbocycles. The average molecular weight is 432 g/mol. The smallest absolute Gasteiger partial charge is 0.141 e. The Morgan fingerprint density at radius 3 is 2.58 bits per heavy atom. The lowest BCUT2D eigenvalue weighted by Crippen LogP contribution is -2.14. The Bertz CT molecular complexity index is 1430. The van der Waals surface area contributed by atoms with E-state index in [0.29, 0.717) is 23.5 Å². The van der Waals surface area contributed by atoms with E-state index in [1.165, 1.54) is 6.33 Å². The topological polar surface area (TPSA) is 113 Å². The van der Waals surface area contributed by atoms with Crippen molar-refractivity contribution in [1.82, 2.24) is 19.9 Å². The Labute approximate surface area is 190 Å². The third-order valence-electron chi connectivity index (χ3n) is 5.37. The molecular formula is C26H21N7. The van der Waals surface area contributed by atoms with Crippen molar-refractivity contribution in [2.45, 2.75) is 6.54 Å². The van der Waals surface area contributed by atoms with Crippen LogP contribution in [-0.4, -0.2) is 25.6 Å². The van der Waals surface area contributed by atoms with Gasteiger partial charge in [0.2, 0.25) is 0 Å². The van der Waals surface area contributed by atoms with Crippen LogP contribution in [0.5, 0.6) is 0 Å². The fourth-order valence-corrected chi connectivity index (χ4v) is 3.75. The second-order valence-corrected chi connectivity index (χ2v) is 7.51. The molecule has 0 amide bonds. The number of nitrogens with zero attached hydrogens (tertiary/aromatic N) is 4. The van der Waals surface area contributed by atoms with Crippen molar-refractivity contribution in [1.29, 1.82) is 5.41 Å². The van der Waals surface area contributed by atoms with Crippen molar-refractivity contribution in [2.75, 3.05) is 11.1 Å². The maximum absolute atomic E-state index is 8.67. The van der Waals surface area contributed by atoms with E-state index in [4.69, 9.17) is 16.1 Å². The predicted molar refractivity (Wildman–Crippen MR) is 131 cm³/mol. The van der Waals surface area contributed by atoms with E-state index in [-0.39, 0.29) is 11.5 Å². The number of aromatic nitrogens is 4. The van der Waals surface area contributed by atoms with Gasteiger partial charge in [-0.2, -0.15) is 0 Å². The highest BCUT2D eigenvalue weighted by Crippen LogP contribution is 2.27. The molecule has 0 radical (unpaired) electrons. The van der Waals surface area contributed by atoms with Crippen molar-refractivity contribution >= 4 is 28.3 Å². The molecule has 7 heteroatoms. The van der Waals surface area contributed by atoms with Crippen LogP contribution in [0.3, 0.4) is 0 Å². The highest BCUT2D eigenvalue weighted by molar-refractivity contribution is 6.16. The summed E-state index contributed by atoms with van der Waals surface area (Å²) in [5.41, 5.74) is 11.3. The zero-order valence-electron chi connectivity index (χ0n) is 17.7. The van der Waals surface area contributed by atoms with Gasteiger partial charge in [0.25, 0.3) is 0 Å². The van der Waals surface area contributed by atoms with Crippen LogP contribution in [0.4, 0.5) is 11.6 Å². The number of nitrogens with one attached hydrogen (secondary N) is 2. The molecule has 0 fully saturated rings. The van der Waals surface area contributed by atoms with Gasteiger partial charge in [0.05, 0.1) is 22.5 Å². The molecule has 0 saturated heterocycles. The second-order valence-electron chi connectivity index (χ2n) is 7.51. The molecule has 3 heterocycles. The van der Waals surface area contributed by atoms with Crippen molar-refractivity contribution in [3.05, 3.63) is 108 Å². The molecule has 3 aromatic heterocycles. The number of hydrogen-bond donors (Lipinski definition) is 3. The summed E-state index contributed by atoms with van der Waals surface area (Å²) in [4.78, 5) is 17.5. The lowest BCUT2D eigenvalue weighted by atomic mass is 10.0. The molecule has 0 unspecified atom stereocenters. The van der Waals surface area contributed by atoms with Crippen molar-refractivity contribution in [3.8, 4) is 11.3 Å². The zero-order chi connectivity index (χ0) is 22.6. The molecular weight excluding hydrogens is 410 g/mol. The Kier molecular flexibility index (Phi) is 5.43. The highest BCUT2D eigenvalue weighted by Gasteiger charge is 2.17. The van der Waals surface area contributed by atoms with Gasteiger partial charge in [-0.25, -0.2) is 15.0 Å². The minimum atomic E-state index is 0.212. The molecule has 0 spiro atoms. The molecule has 0 bridgehead atoms. The quantitative estimate of drug-likeness (QED) is 0.336. The molecule has 0 aliphatic carbocycles. The summed E-state index contributed by atoms with van der Waals surface area (Å²) in [7, 11) is 0.